The number of aromatic nitrogens is 2. The minimum absolute atomic E-state index is 0.118. The summed E-state index contributed by atoms with van der Waals surface area (Å²) in [4.78, 5) is 8.57. The van der Waals surface area contributed by atoms with E-state index >= 15 is 0 Å². The zero-order chi connectivity index (χ0) is 11.4. The number of hydrogen-bond donors (Lipinski definition) is 2. The summed E-state index contributed by atoms with van der Waals surface area (Å²) < 4.78 is 0. The van der Waals surface area contributed by atoms with Gasteiger partial charge < -0.3 is 11.5 Å². The average Bonchev–Trinajstić information content (AvgIpc) is 2.26. The summed E-state index contributed by atoms with van der Waals surface area (Å²) in [6.07, 6.45) is 0. The molecule has 0 amide bonds. The zero-order valence-electron chi connectivity index (χ0n) is 9.07. The molecule has 0 aliphatic heterocycles. The van der Waals surface area contributed by atoms with Crippen LogP contribution in [-0.2, 0) is 0 Å². The Morgan fingerprint density at radius 2 is 1.80 bits per heavy atom. The maximum absolute atomic E-state index is 5.92. The Hall–Kier alpha value is -0.710. The van der Waals surface area contributed by atoms with Gasteiger partial charge in [0, 0.05) is 30.6 Å². The van der Waals surface area contributed by atoms with Crippen molar-refractivity contribution in [1.82, 2.24) is 9.97 Å². The van der Waals surface area contributed by atoms with E-state index in [1.54, 1.807) is 6.07 Å². The van der Waals surface area contributed by atoms with Crippen molar-refractivity contribution in [3.05, 3.63) is 22.7 Å². The molecule has 1 rings (SSSR count). The maximum Gasteiger partial charge on any atom is 0.134 e. The van der Waals surface area contributed by atoms with Gasteiger partial charge in [-0.15, -0.1) is 0 Å². The molecule has 0 radical (unpaired) electrons. The van der Waals surface area contributed by atoms with Gasteiger partial charge in [-0.05, 0) is 6.07 Å². The molecule has 15 heavy (non-hydrogen) atoms. The van der Waals surface area contributed by atoms with Crippen LogP contribution in [0.3, 0.4) is 0 Å². The fraction of sp³-hybridized carbons (Fsp3) is 0.600. The SMILES string of the molecule is CC(CN)c1cc(Cl)nc(C(C)CN)n1. The van der Waals surface area contributed by atoms with Gasteiger partial charge in [0.2, 0.25) is 0 Å². The van der Waals surface area contributed by atoms with Crippen LogP contribution < -0.4 is 11.5 Å². The Balaban J connectivity index is 3.04. The van der Waals surface area contributed by atoms with E-state index in [2.05, 4.69) is 9.97 Å². The van der Waals surface area contributed by atoms with E-state index in [-0.39, 0.29) is 11.8 Å². The molecule has 1 heterocycles. The van der Waals surface area contributed by atoms with Gasteiger partial charge in [-0.2, -0.15) is 0 Å². The number of halogens is 1. The van der Waals surface area contributed by atoms with Crippen LogP contribution in [0.5, 0.6) is 0 Å². The quantitative estimate of drug-likeness (QED) is 0.761. The molecule has 0 aliphatic rings. The van der Waals surface area contributed by atoms with Gasteiger partial charge in [-0.1, -0.05) is 25.4 Å². The lowest BCUT2D eigenvalue weighted by Gasteiger charge is -2.12. The van der Waals surface area contributed by atoms with Crippen LogP contribution in [0.25, 0.3) is 0 Å². The van der Waals surface area contributed by atoms with Gasteiger partial charge in [-0.25, -0.2) is 9.97 Å². The van der Waals surface area contributed by atoms with Crippen LogP contribution >= 0.6 is 11.6 Å². The molecule has 0 aromatic carbocycles. The molecule has 84 valence electrons. The molecule has 5 heteroatoms. The lowest BCUT2D eigenvalue weighted by molar-refractivity contribution is 0.675. The molecule has 2 atom stereocenters. The Bertz CT molecular complexity index is 301. The van der Waals surface area contributed by atoms with Gasteiger partial charge in [-0.3, -0.25) is 0 Å². The molecule has 0 saturated heterocycles. The number of hydrogen-bond acceptors (Lipinski definition) is 4. The van der Waals surface area contributed by atoms with Gasteiger partial charge in [0.05, 0.1) is 0 Å². The normalized spacial score (nSPS) is 15.0. The van der Waals surface area contributed by atoms with E-state index in [0.717, 1.165) is 5.69 Å². The molecule has 0 spiro atoms. The van der Waals surface area contributed by atoms with Crippen LogP contribution in [0.15, 0.2) is 6.07 Å². The van der Waals surface area contributed by atoms with Crippen LogP contribution in [-0.4, -0.2) is 23.1 Å². The third-order valence-electron chi connectivity index (χ3n) is 2.38. The third kappa shape index (κ3) is 3.12. The fourth-order valence-electron chi connectivity index (χ4n) is 1.15. The Kier molecular flexibility index (Phi) is 4.45. The summed E-state index contributed by atoms with van der Waals surface area (Å²) in [6.45, 7) is 5.04. The van der Waals surface area contributed by atoms with Crippen LogP contribution in [0, 0.1) is 0 Å². The molecule has 1 aromatic heterocycles. The van der Waals surface area contributed by atoms with Crippen molar-refractivity contribution >= 4 is 11.6 Å². The maximum atomic E-state index is 5.92. The van der Waals surface area contributed by atoms with Gasteiger partial charge in [0.25, 0.3) is 0 Å². The van der Waals surface area contributed by atoms with E-state index in [1.165, 1.54) is 0 Å². The molecule has 0 saturated carbocycles. The van der Waals surface area contributed by atoms with Gasteiger partial charge in [0.1, 0.15) is 11.0 Å². The van der Waals surface area contributed by atoms with E-state index in [9.17, 15) is 0 Å². The molecule has 0 fully saturated rings. The summed E-state index contributed by atoms with van der Waals surface area (Å²) >= 11 is 5.92. The predicted octanol–water partition coefficient (Wildman–Crippen LogP) is 1.25. The van der Waals surface area contributed by atoms with Crippen molar-refractivity contribution in [2.75, 3.05) is 13.1 Å². The van der Waals surface area contributed by atoms with Gasteiger partial charge >= 0.3 is 0 Å². The van der Waals surface area contributed by atoms with Gasteiger partial charge in [0.15, 0.2) is 0 Å². The van der Waals surface area contributed by atoms with Crippen LogP contribution in [0.4, 0.5) is 0 Å². The molecule has 0 bridgehead atoms. The first kappa shape index (κ1) is 12.4. The number of nitrogens with zero attached hydrogens (tertiary/aromatic N) is 2. The van der Waals surface area contributed by atoms with Crippen molar-refractivity contribution in [1.29, 1.82) is 0 Å². The summed E-state index contributed by atoms with van der Waals surface area (Å²) in [5, 5.41) is 0.454. The predicted molar refractivity (Wildman–Crippen MR) is 62.0 cm³/mol. The second-order valence-corrected chi connectivity index (χ2v) is 4.13. The highest BCUT2D eigenvalue weighted by atomic mass is 35.5. The first-order chi connectivity index (χ1) is 7.08. The second-order valence-electron chi connectivity index (χ2n) is 3.75. The minimum Gasteiger partial charge on any atom is -0.330 e. The molecule has 2 unspecified atom stereocenters. The number of rotatable bonds is 4. The molecular formula is C10H17ClN4. The molecule has 4 nitrogen and oxygen atoms in total. The molecule has 0 aliphatic carbocycles. The summed E-state index contributed by atoms with van der Waals surface area (Å²) in [5.74, 6) is 1.00. The van der Waals surface area contributed by atoms with Crippen molar-refractivity contribution in [3.63, 3.8) is 0 Å². The molecule has 4 N–H and O–H groups in total. The highest BCUT2D eigenvalue weighted by Gasteiger charge is 2.12. The van der Waals surface area contributed by atoms with E-state index < -0.39 is 0 Å². The van der Waals surface area contributed by atoms with Crippen LogP contribution in [0.2, 0.25) is 5.15 Å². The van der Waals surface area contributed by atoms with Crippen molar-refractivity contribution in [3.8, 4) is 0 Å². The Morgan fingerprint density at radius 1 is 1.20 bits per heavy atom. The second kappa shape index (κ2) is 5.39. The number of nitrogens with two attached hydrogens (primary N) is 2. The monoisotopic (exact) mass is 228 g/mol. The largest absolute Gasteiger partial charge is 0.330 e. The standard InChI is InChI=1S/C10H17ClN4/c1-6(4-12)8-3-9(11)15-10(14-8)7(2)5-13/h3,6-7H,4-5,12-13H2,1-2H3. The average molecular weight is 229 g/mol. The molecule has 1 aromatic rings. The van der Waals surface area contributed by atoms with Crippen molar-refractivity contribution < 1.29 is 0 Å². The third-order valence-corrected chi connectivity index (χ3v) is 2.58. The summed E-state index contributed by atoms with van der Waals surface area (Å²) in [6, 6.07) is 1.76. The molecular weight excluding hydrogens is 212 g/mol. The minimum atomic E-state index is 0.118. The smallest absolute Gasteiger partial charge is 0.134 e. The fourth-order valence-corrected chi connectivity index (χ4v) is 1.35. The van der Waals surface area contributed by atoms with Crippen molar-refractivity contribution in [2.45, 2.75) is 25.7 Å². The first-order valence-corrected chi connectivity index (χ1v) is 5.40. The lowest BCUT2D eigenvalue weighted by Crippen LogP contribution is -2.16. The first-order valence-electron chi connectivity index (χ1n) is 5.03. The van der Waals surface area contributed by atoms with Crippen molar-refractivity contribution in [2.24, 2.45) is 11.5 Å². The Morgan fingerprint density at radius 3 is 2.33 bits per heavy atom. The topological polar surface area (TPSA) is 77.8 Å². The Labute approximate surface area is 95.0 Å². The highest BCUT2D eigenvalue weighted by Crippen LogP contribution is 2.18. The summed E-state index contributed by atoms with van der Waals surface area (Å²) in [5.41, 5.74) is 12.0. The van der Waals surface area contributed by atoms with E-state index in [4.69, 9.17) is 23.1 Å². The lowest BCUT2D eigenvalue weighted by atomic mass is 10.1. The zero-order valence-corrected chi connectivity index (χ0v) is 9.83. The van der Waals surface area contributed by atoms with Crippen LogP contribution in [0.1, 0.15) is 37.2 Å². The summed E-state index contributed by atoms with van der Waals surface area (Å²) in [7, 11) is 0. The van der Waals surface area contributed by atoms with E-state index in [1.807, 2.05) is 13.8 Å². The highest BCUT2D eigenvalue weighted by molar-refractivity contribution is 6.29. The van der Waals surface area contributed by atoms with E-state index in [0.29, 0.717) is 24.1 Å².